The molecule has 2 N–H and O–H groups in total. The Bertz CT molecular complexity index is 1550. The van der Waals surface area contributed by atoms with E-state index in [0.29, 0.717) is 12.3 Å². The van der Waals surface area contributed by atoms with Crippen molar-refractivity contribution in [3.63, 3.8) is 0 Å². The average Bonchev–Trinajstić information content (AvgIpc) is 3.31. The monoisotopic (exact) mass is 644 g/mol. The molecule has 5 rings (SSSR count). The van der Waals surface area contributed by atoms with Crippen LogP contribution in [0.15, 0.2) is 72.2 Å². The van der Waals surface area contributed by atoms with Gasteiger partial charge in [-0.1, -0.05) is 58.0 Å². The quantitative estimate of drug-likeness (QED) is 0.117. The summed E-state index contributed by atoms with van der Waals surface area (Å²) in [5, 5.41) is 5.47. The van der Waals surface area contributed by atoms with E-state index in [0.717, 1.165) is 45.7 Å². The van der Waals surface area contributed by atoms with Gasteiger partial charge in [-0.25, -0.2) is 4.79 Å². The van der Waals surface area contributed by atoms with Crippen molar-refractivity contribution < 1.29 is 23.3 Å². The first-order chi connectivity index (χ1) is 21.8. The van der Waals surface area contributed by atoms with Crippen molar-refractivity contribution in [3.05, 3.63) is 77.8 Å². The van der Waals surface area contributed by atoms with Crippen molar-refractivity contribution in [3.8, 4) is 5.75 Å². The standard InChI is InChI=1S/C33H42BN4O5PSi/c1-6-45(7-2,8-3)43-22(5)29-30-21(4)26(31(38(30)32(29)39)33(40)42-44-37-34)20-41-28-16-10-13-24-25(28)14-9-15-27(24)36-19-23-12-11-17-35-18-23/h9-18,21-22,29-30,36-37,44H,6-8,19-20H2,1-5H3/t21-,22+,29+,30+/m0/s1. The summed E-state index contributed by atoms with van der Waals surface area (Å²) in [5.74, 6) is -0.459. The molecule has 2 aromatic carbocycles. The lowest BCUT2D eigenvalue weighted by molar-refractivity contribution is -0.161. The van der Waals surface area contributed by atoms with Crippen LogP contribution < -0.4 is 15.1 Å². The second kappa shape index (κ2) is 14.5. The molecule has 0 bridgehead atoms. The zero-order chi connectivity index (χ0) is 32.1. The molecule has 0 saturated carbocycles. The van der Waals surface area contributed by atoms with E-state index >= 15 is 0 Å². The Labute approximate surface area is 270 Å². The van der Waals surface area contributed by atoms with E-state index in [1.807, 2.05) is 55.6 Å². The third-order valence-corrected chi connectivity index (χ3v) is 14.7. The number of nitrogens with zero attached hydrogens (tertiary/aromatic N) is 2. The zero-order valence-electron chi connectivity index (χ0n) is 26.6. The minimum Gasteiger partial charge on any atom is -0.488 e. The fraction of sp³-hybridized carbons (Fsp3) is 0.424. The van der Waals surface area contributed by atoms with E-state index < -0.39 is 23.2 Å². The number of nitrogens with one attached hydrogen (secondary N) is 2. The fourth-order valence-corrected chi connectivity index (χ4v) is 10.0. The minimum atomic E-state index is -1.94. The predicted octanol–water partition coefficient (Wildman–Crippen LogP) is 6.09. The van der Waals surface area contributed by atoms with Crippen molar-refractivity contribution in [1.29, 1.82) is 0 Å². The van der Waals surface area contributed by atoms with E-state index in [4.69, 9.17) is 21.7 Å². The Hall–Kier alpha value is -3.24. The zero-order valence-corrected chi connectivity index (χ0v) is 28.6. The molecule has 9 nitrogen and oxygen atoms in total. The summed E-state index contributed by atoms with van der Waals surface area (Å²) in [6.45, 7) is 11.4. The first-order valence-electron chi connectivity index (χ1n) is 15.7. The number of hydrogen-bond acceptors (Lipinski definition) is 8. The molecule has 3 aromatic rings. The molecule has 1 aromatic heterocycles. The number of anilines is 1. The van der Waals surface area contributed by atoms with Crippen LogP contribution >= 0.6 is 8.96 Å². The van der Waals surface area contributed by atoms with Crippen LogP contribution in [0.2, 0.25) is 18.1 Å². The Morgan fingerprint density at radius 1 is 1.09 bits per heavy atom. The van der Waals surface area contributed by atoms with Crippen LogP contribution in [0.25, 0.3) is 10.8 Å². The van der Waals surface area contributed by atoms with Crippen molar-refractivity contribution in [2.75, 3.05) is 11.9 Å². The number of pyridine rings is 1. The number of amides is 1. The van der Waals surface area contributed by atoms with Gasteiger partial charge < -0.3 is 28.9 Å². The number of fused-ring (bicyclic) bond motifs is 2. The summed E-state index contributed by atoms with van der Waals surface area (Å²) in [6.07, 6.45) is 3.36. The molecule has 3 heterocycles. The molecular formula is C33H42BN4O5PSi. The van der Waals surface area contributed by atoms with Crippen molar-refractivity contribution >= 4 is 53.6 Å². The van der Waals surface area contributed by atoms with E-state index in [-0.39, 0.29) is 42.2 Å². The second-order valence-corrected chi connectivity index (χ2v) is 17.2. The molecular weight excluding hydrogens is 602 g/mol. The van der Waals surface area contributed by atoms with Gasteiger partial charge in [0.25, 0.3) is 0 Å². The van der Waals surface area contributed by atoms with Crippen molar-refractivity contribution in [2.45, 2.75) is 71.4 Å². The van der Waals surface area contributed by atoms with Crippen LogP contribution in [0.3, 0.4) is 0 Å². The third-order valence-electron chi connectivity index (χ3n) is 9.54. The molecule has 1 fully saturated rings. The highest BCUT2D eigenvalue weighted by molar-refractivity contribution is 7.32. The second-order valence-electron chi connectivity index (χ2n) is 11.8. The lowest BCUT2D eigenvalue weighted by Crippen LogP contribution is -2.65. The van der Waals surface area contributed by atoms with Crippen LogP contribution in [0.5, 0.6) is 5.75 Å². The smallest absolute Gasteiger partial charge is 0.358 e. The van der Waals surface area contributed by atoms with E-state index in [2.05, 4.69) is 49.1 Å². The lowest BCUT2D eigenvalue weighted by atomic mass is 9.78. The lowest BCUT2D eigenvalue weighted by Gasteiger charge is -2.49. The molecule has 1 saturated heterocycles. The highest BCUT2D eigenvalue weighted by Crippen LogP contribution is 2.49. The van der Waals surface area contributed by atoms with Crippen LogP contribution in [-0.2, 0) is 25.1 Å². The van der Waals surface area contributed by atoms with Gasteiger partial charge in [0.05, 0.1) is 18.1 Å². The summed E-state index contributed by atoms with van der Waals surface area (Å²) in [6, 6.07) is 18.7. The van der Waals surface area contributed by atoms with Crippen LogP contribution in [0.1, 0.15) is 40.2 Å². The van der Waals surface area contributed by atoms with Gasteiger partial charge in [-0.2, -0.15) is 0 Å². The van der Waals surface area contributed by atoms with Crippen LogP contribution in [0, 0.1) is 11.8 Å². The molecule has 236 valence electrons. The molecule has 0 aliphatic carbocycles. The Balaban J connectivity index is 1.39. The first-order valence-corrected chi connectivity index (χ1v) is 19.2. The van der Waals surface area contributed by atoms with Gasteiger partial charge in [0, 0.05) is 46.9 Å². The predicted molar refractivity (Wildman–Crippen MR) is 182 cm³/mol. The highest BCUT2D eigenvalue weighted by atomic mass is 31.1. The van der Waals surface area contributed by atoms with Crippen LogP contribution in [0.4, 0.5) is 5.69 Å². The number of aromatic nitrogens is 1. The van der Waals surface area contributed by atoms with Gasteiger partial charge in [0.15, 0.2) is 16.3 Å². The largest absolute Gasteiger partial charge is 0.488 e. The molecule has 2 aliphatic rings. The molecule has 2 aliphatic heterocycles. The molecule has 12 heteroatoms. The minimum absolute atomic E-state index is 0.106. The molecule has 0 spiro atoms. The van der Waals surface area contributed by atoms with Gasteiger partial charge in [-0.15, -0.1) is 0 Å². The SMILES string of the molecule is [B]NPOC(=O)C1=C(COc2cccc3c(NCc4cccnc4)cccc23)[C@H](C)[C@@H]2[C@@H]([C@@H](C)O[Si](CC)(CC)CC)C(=O)N12. The van der Waals surface area contributed by atoms with Crippen molar-refractivity contribution in [1.82, 2.24) is 14.9 Å². The van der Waals surface area contributed by atoms with Gasteiger partial charge in [0.2, 0.25) is 5.91 Å². The maximum atomic E-state index is 13.7. The maximum Gasteiger partial charge on any atom is 0.358 e. The summed E-state index contributed by atoms with van der Waals surface area (Å²) < 4.78 is 18.6. The summed E-state index contributed by atoms with van der Waals surface area (Å²) >= 11 is 0. The summed E-state index contributed by atoms with van der Waals surface area (Å²) in [4.78, 5) is 35.2. The van der Waals surface area contributed by atoms with Gasteiger partial charge in [0.1, 0.15) is 27.0 Å². The Morgan fingerprint density at radius 2 is 1.82 bits per heavy atom. The van der Waals surface area contributed by atoms with E-state index in [9.17, 15) is 9.59 Å². The van der Waals surface area contributed by atoms with Gasteiger partial charge >= 0.3 is 5.97 Å². The third kappa shape index (κ3) is 6.54. The van der Waals surface area contributed by atoms with Crippen molar-refractivity contribution in [2.24, 2.45) is 11.8 Å². The number of rotatable bonds is 15. The number of ether oxygens (including phenoxy) is 1. The summed E-state index contributed by atoms with van der Waals surface area (Å²) in [7, 11) is 3.03. The molecule has 1 unspecified atom stereocenters. The average molecular weight is 645 g/mol. The molecule has 5 atom stereocenters. The Morgan fingerprint density at radius 3 is 2.51 bits per heavy atom. The Kier molecular flexibility index (Phi) is 10.6. The number of β-lactam (4-membered cyclic amide) rings is 1. The van der Waals surface area contributed by atoms with Gasteiger partial charge in [-0.3, -0.25) is 9.78 Å². The fourth-order valence-electron chi connectivity index (χ4n) is 6.82. The number of carbonyl (C=O) groups excluding carboxylic acids is 2. The molecule has 1 amide bonds. The normalized spacial score (nSPS) is 20.4. The topological polar surface area (TPSA) is 102 Å². The number of hydrogen-bond donors (Lipinski definition) is 2. The maximum absolute atomic E-state index is 13.7. The van der Waals surface area contributed by atoms with Gasteiger partial charge in [-0.05, 0) is 48.8 Å². The van der Waals surface area contributed by atoms with Crippen LogP contribution in [-0.4, -0.2) is 56.8 Å². The molecule has 2 radical (unpaired) electrons. The highest BCUT2D eigenvalue weighted by Gasteiger charge is 2.61. The van der Waals surface area contributed by atoms with E-state index in [1.165, 1.54) is 0 Å². The number of benzene rings is 2. The molecule has 45 heavy (non-hydrogen) atoms. The first kappa shape index (κ1) is 33.1. The number of carbonyl (C=O) groups is 2. The summed E-state index contributed by atoms with van der Waals surface area (Å²) in [5.41, 5.74) is 3.06. The van der Waals surface area contributed by atoms with E-state index in [1.54, 1.807) is 11.1 Å².